The zero-order valence-corrected chi connectivity index (χ0v) is 6.91. The van der Waals surface area contributed by atoms with Crippen LogP contribution in [0.15, 0.2) is 0 Å². The summed E-state index contributed by atoms with van der Waals surface area (Å²) in [5.41, 5.74) is 0. The van der Waals surface area contributed by atoms with Crippen LogP contribution in [-0.2, 0) is 0 Å². The minimum atomic E-state index is 0.676. The molecule has 0 spiro atoms. The molecule has 10 heavy (non-hydrogen) atoms. The molecular formula is C8H13NS. The second-order valence-electron chi connectivity index (χ2n) is 2.50. The number of hydrogen-bond donors (Lipinski definition) is 1. The van der Waals surface area contributed by atoms with Crippen molar-refractivity contribution in [2.75, 3.05) is 18.1 Å². The second-order valence-corrected chi connectivity index (χ2v) is 3.65. The average molecular weight is 155 g/mol. The fourth-order valence-electron chi connectivity index (χ4n) is 1.10. The molecule has 1 fully saturated rings. The highest BCUT2D eigenvalue weighted by atomic mass is 32.2. The molecular weight excluding hydrogens is 142 g/mol. The normalized spacial score (nSPS) is 25.7. The largest absolute Gasteiger partial charge is 0.303 e. The van der Waals surface area contributed by atoms with Gasteiger partial charge >= 0.3 is 0 Å². The quantitative estimate of drug-likeness (QED) is 0.599. The van der Waals surface area contributed by atoms with Gasteiger partial charge in [-0.1, -0.05) is 5.92 Å². The number of thioether (sulfide) groups is 1. The van der Waals surface area contributed by atoms with E-state index in [1.807, 2.05) is 11.8 Å². The van der Waals surface area contributed by atoms with E-state index in [4.69, 9.17) is 6.42 Å². The highest BCUT2D eigenvalue weighted by Gasteiger charge is 2.11. The Kier molecular flexibility index (Phi) is 3.71. The predicted octanol–water partition coefficient (Wildman–Crippen LogP) is 1.10. The maximum atomic E-state index is 5.13. The van der Waals surface area contributed by atoms with Gasteiger partial charge < -0.3 is 5.32 Å². The molecule has 1 aliphatic heterocycles. The van der Waals surface area contributed by atoms with Crippen LogP contribution in [0.2, 0.25) is 0 Å². The van der Waals surface area contributed by atoms with Crippen LogP contribution in [0.4, 0.5) is 0 Å². The summed E-state index contributed by atoms with van der Waals surface area (Å²) in [6, 6.07) is 0.676. The van der Waals surface area contributed by atoms with E-state index in [9.17, 15) is 0 Å². The van der Waals surface area contributed by atoms with Crippen LogP contribution < -0.4 is 5.32 Å². The number of rotatable bonds is 2. The van der Waals surface area contributed by atoms with Crippen molar-refractivity contribution in [3.8, 4) is 12.3 Å². The highest BCUT2D eigenvalue weighted by molar-refractivity contribution is 7.99. The van der Waals surface area contributed by atoms with Gasteiger partial charge in [0.2, 0.25) is 0 Å². The van der Waals surface area contributed by atoms with E-state index in [2.05, 4.69) is 11.2 Å². The van der Waals surface area contributed by atoms with E-state index < -0.39 is 0 Å². The average Bonchev–Trinajstić information content (AvgIpc) is 2.03. The molecule has 1 saturated heterocycles. The first-order valence-electron chi connectivity index (χ1n) is 3.68. The van der Waals surface area contributed by atoms with Gasteiger partial charge in [-0.15, -0.1) is 6.42 Å². The summed E-state index contributed by atoms with van der Waals surface area (Å²) in [5.74, 6) is 5.16. The lowest BCUT2D eigenvalue weighted by atomic mass is 10.2. The molecule has 0 bridgehead atoms. The summed E-state index contributed by atoms with van der Waals surface area (Å²) in [4.78, 5) is 0. The molecule has 0 saturated carbocycles. The lowest BCUT2D eigenvalue weighted by molar-refractivity contribution is 0.538. The van der Waals surface area contributed by atoms with Crippen molar-refractivity contribution in [2.24, 2.45) is 0 Å². The molecule has 0 aromatic heterocycles. The number of nitrogens with one attached hydrogen (secondary N) is 1. The number of terminal acetylenes is 1. The van der Waals surface area contributed by atoms with Crippen LogP contribution >= 0.6 is 11.8 Å². The van der Waals surface area contributed by atoms with Crippen LogP contribution in [0, 0.1) is 12.3 Å². The summed E-state index contributed by atoms with van der Waals surface area (Å²) in [7, 11) is 0. The molecule has 1 unspecified atom stereocenters. The Morgan fingerprint density at radius 1 is 1.70 bits per heavy atom. The SMILES string of the molecule is C#CCNC1CCCSC1. The fraction of sp³-hybridized carbons (Fsp3) is 0.750. The Hall–Kier alpha value is -0.130. The van der Waals surface area contributed by atoms with Gasteiger partial charge in [0.15, 0.2) is 0 Å². The zero-order valence-electron chi connectivity index (χ0n) is 6.10. The fourth-order valence-corrected chi connectivity index (χ4v) is 2.21. The standard InChI is InChI=1S/C8H13NS/c1-2-5-9-8-4-3-6-10-7-8/h1,8-9H,3-7H2. The Morgan fingerprint density at radius 2 is 2.60 bits per heavy atom. The van der Waals surface area contributed by atoms with Crippen molar-refractivity contribution >= 4 is 11.8 Å². The van der Waals surface area contributed by atoms with Gasteiger partial charge in [0.1, 0.15) is 0 Å². The molecule has 0 aromatic rings. The Balaban J connectivity index is 2.09. The topological polar surface area (TPSA) is 12.0 Å². The highest BCUT2D eigenvalue weighted by Crippen LogP contribution is 2.16. The Morgan fingerprint density at radius 3 is 3.20 bits per heavy atom. The monoisotopic (exact) mass is 155 g/mol. The molecule has 1 heterocycles. The van der Waals surface area contributed by atoms with Crippen LogP contribution in [-0.4, -0.2) is 24.1 Å². The molecule has 2 heteroatoms. The summed E-state index contributed by atoms with van der Waals surface area (Å²) in [6.07, 6.45) is 7.77. The maximum Gasteiger partial charge on any atom is 0.0576 e. The van der Waals surface area contributed by atoms with Gasteiger partial charge in [-0.3, -0.25) is 0 Å². The lowest BCUT2D eigenvalue weighted by Crippen LogP contribution is -2.33. The first-order chi connectivity index (χ1) is 4.93. The molecule has 0 aliphatic carbocycles. The van der Waals surface area contributed by atoms with Crippen molar-refractivity contribution < 1.29 is 0 Å². The summed E-state index contributed by atoms with van der Waals surface area (Å²) in [5, 5.41) is 3.31. The third-order valence-electron chi connectivity index (χ3n) is 1.65. The van der Waals surface area contributed by atoms with Crippen molar-refractivity contribution in [3.63, 3.8) is 0 Å². The minimum Gasteiger partial charge on any atom is -0.303 e. The number of hydrogen-bond acceptors (Lipinski definition) is 2. The predicted molar refractivity (Wildman–Crippen MR) is 47.2 cm³/mol. The summed E-state index contributed by atoms with van der Waals surface area (Å²) < 4.78 is 0. The molecule has 0 amide bonds. The molecule has 1 aliphatic rings. The van der Waals surface area contributed by atoms with Crippen molar-refractivity contribution in [3.05, 3.63) is 0 Å². The van der Waals surface area contributed by atoms with E-state index in [0.29, 0.717) is 6.04 Å². The molecule has 0 aromatic carbocycles. The summed E-state index contributed by atoms with van der Waals surface area (Å²) >= 11 is 2.02. The molecule has 1 N–H and O–H groups in total. The van der Waals surface area contributed by atoms with Gasteiger partial charge in [0.05, 0.1) is 6.54 Å². The van der Waals surface area contributed by atoms with Crippen LogP contribution in [0.25, 0.3) is 0 Å². The molecule has 1 nitrogen and oxygen atoms in total. The second kappa shape index (κ2) is 4.65. The molecule has 0 radical (unpaired) electrons. The Labute approximate surface area is 67.0 Å². The van der Waals surface area contributed by atoms with E-state index in [1.165, 1.54) is 24.3 Å². The van der Waals surface area contributed by atoms with E-state index in [0.717, 1.165) is 6.54 Å². The molecule has 1 atom stereocenters. The van der Waals surface area contributed by atoms with Gasteiger partial charge in [0, 0.05) is 11.8 Å². The maximum absolute atomic E-state index is 5.13. The Bertz CT molecular complexity index is 122. The third-order valence-corrected chi connectivity index (χ3v) is 2.87. The minimum absolute atomic E-state index is 0.676. The van der Waals surface area contributed by atoms with Gasteiger partial charge in [-0.05, 0) is 18.6 Å². The van der Waals surface area contributed by atoms with Crippen LogP contribution in [0.3, 0.4) is 0 Å². The van der Waals surface area contributed by atoms with Crippen molar-refractivity contribution in [2.45, 2.75) is 18.9 Å². The molecule has 1 rings (SSSR count). The van der Waals surface area contributed by atoms with Crippen LogP contribution in [0.1, 0.15) is 12.8 Å². The zero-order chi connectivity index (χ0) is 7.23. The van der Waals surface area contributed by atoms with Gasteiger partial charge in [0.25, 0.3) is 0 Å². The van der Waals surface area contributed by atoms with Gasteiger partial charge in [-0.2, -0.15) is 11.8 Å². The first-order valence-corrected chi connectivity index (χ1v) is 4.83. The lowest BCUT2D eigenvalue weighted by Gasteiger charge is -2.21. The summed E-state index contributed by atoms with van der Waals surface area (Å²) in [6.45, 7) is 0.727. The first kappa shape index (κ1) is 7.97. The van der Waals surface area contributed by atoms with E-state index in [-0.39, 0.29) is 0 Å². The third kappa shape index (κ3) is 2.64. The smallest absolute Gasteiger partial charge is 0.0576 e. The van der Waals surface area contributed by atoms with Gasteiger partial charge in [-0.25, -0.2) is 0 Å². The van der Waals surface area contributed by atoms with Crippen molar-refractivity contribution in [1.29, 1.82) is 0 Å². The van der Waals surface area contributed by atoms with E-state index >= 15 is 0 Å². The molecule has 56 valence electrons. The van der Waals surface area contributed by atoms with E-state index in [1.54, 1.807) is 0 Å². The van der Waals surface area contributed by atoms with Crippen LogP contribution in [0.5, 0.6) is 0 Å². The van der Waals surface area contributed by atoms with Crippen molar-refractivity contribution in [1.82, 2.24) is 5.32 Å².